The average Bonchev–Trinajstić information content (AvgIpc) is 2.96. The van der Waals surface area contributed by atoms with Crippen LogP contribution >= 0.6 is 23.2 Å². The van der Waals surface area contributed by atoms with Crippen LogP contribution in [0.3, 0.4) is 0 Å². The van der Waals surface area contributed by atoms with E-state index in [9.17, 15) is 8.42 Å². The van der Waals surface area contributed by atoms with Gasteiger partial charge in [0.15, 0.2) is 0 Å². The van der Waals surface area contributed by atoms with E-state index in [2.05, 4.69) is 4.72 Å². The lowest BCUT2D eigenvalue weighted by Gasteiger charge is -2.27. The number of aliphatic hydroxyl groups excluding tert-OH is 1. The van der Waals surface area contributed by atoms with Crippen LogP contribution < -0.4 is 4.72 Å². The monoisotopic (exact) mass is 383 g/mol. The molecule has 2 rings (SSSR count). The summed E-state index contributed by atoms with van der Waals surface area (Å²) in [5, 5.41) is 9.37. The Balaban J connectivity index is 2.16. The number of hydrogen-bond acceptors (Lipinski definition) is 5. The highest BCUT2D eigenvalue weighted by Crippen LogP contribution is 2.29. The number of halogens is 2. The fourth-order valence-corrected chi connectivity index (χ4v) is 4.24. The second-order valence-electron chi connectivity index (χ2n) is 5.41. The van der Waals surface area contributed by atoms with E-state index in [-0.39, 0.29) is 36.3 Å². The van der Waals surface area contributed by atoms with Crippen molar-refractivity contribution < 1.29 is 23.0 Å². The van der Waals surface area contributed by atoms with Crippen LogP contribution in [-0.2, 0) is 19.5 Å². The van der Waals surface area contributed by atoms with Crippen molar-refractivity contribution in [3.63, 3.8) is 0 Å². The number of aryl methyl sites for hydroxylation is 1. The van der Waals surface area contributed by atoms with Crippen LogP contribution in [0.5, 0.6) is 0 Å². The van der Waals surface area contributed by atoms with Gasteiger partial charge in [-0.05, 0) is 24.6 Å². The molecule has 0 radical (unpaired) electrons. The first-order valence-corrected chi connectivity index (χ1v) is 9.31. The van der Waals surface area contributed by atoms with Gasteiger partial charge in [0.05, 0.1) is 24.8 Å². The Morgan fingerprint density at radius 3 is 2.74 bits per heavy atom. The summed E-state index contributed by atoms with van der Waals surface area (Å²) < 4.78 is 38.4. The molecular weight excluding hydrogens is 365 g/mol. The van der Waals surface area contributed by atoms with Gasteiger partial charge in [-0.25, -0.2) is 13.1 Å². The van der Waals surface area contributed by atoms with E-state index in [0.717, 1.165) is 0 Å². The zero-order valence-corrected chi connectivity index (χ0v) is 15.0. The van der Waals surface area contributed by atoms with Crippen molar-refractivity contribution in [2.75, 3.05) is 33.0 Å². The number of hydrogen-bond donors (Lipinski definition) is 2. The summed E-state index contributed by atoms with van der Waals surface area (Å²) in [5.74, 6) is 0. The van der Waals surface area contributed by atoms with Crippen molar-refractivity contribution in [2.24, 2.45) is 0 Å². The first kappa shape index (κ1) is 18.9. The Kier molecular flexibility index (Phi) is 6.29. The van der Waals surface area contributed by atoms with Crippen molar-refractivity contribution in [1.29, 1.82) is 0 Å². The highest BCUT2D eigenvalue weighted by molar-refractivity contribution is 7.89. The van der Waals surface area contributed by atoms with Crippen molar-refractivity contribution in [1.82, 2.24) is 4.72 Å². The summed E-state index contributed by atoms with van der Waals surface area (Å²) in [6.07, 6.45) is 0.545. The topological polar surface area (TPSA) is 84.9 Å². The van der Waals surface area contributed by atoms with Gasteiger partial charge in [-0.15, -0.1) is 0 Å². The number of rotatable bonds is 7. The highest BCUT2D eigenvalue weighted by atomic mass is 35.5. The van der Waals surface area contributed by atoms with Gasteiger partial charge in [-0.2, -0.15) is 0 Å². The van der Waals surface area contributed by atoms with Gasteiger partial charge in [-0.1, -0.05) is 23.2 Å². The molecule has 23 heavy (non-hydrogen) atoms. The Labute approximate surface area is 145 Å². The van der Waals surface area contributed by atoms with Gasteiger partial charge in [0.1, 0.15) is 10.5 Å². The van der Waals surface area contributed by atoms with Gasteiger partial charge in [-0.3, -0.25) is 0 Å². The van der Waals surface area contributed by atoms with Crippen LogP contribution in [0, 0.1) is 6.92 Å². The summed E-state index contributed by atoms with van der Waals surface area (Å²) in [7, 11) is -3.82. The van der Waals surface area contributed by atoms with Gasteiger partial charge in [0, 0.05) is 24.6 Å². The SMILES string of the molecule is Cc1cc(S(=O)(=O)NCC2(OCCO)CCOC2)c(Cl)cc1Cl. The molecule has 2 N–H and O–H groups in total. The average molecular weight is 384 g/mol. The molecule has 1 heterocycles. The number of aliphatic hydroxyl groups is 1. The number of sulfonamides is 1. The van der Waals surface area contributed by atoms with Gasteiger partial charge in [0.2, 0.25) is 10.0 Å². The Bertz CT molecular complexity index is 659. The fraction of sp³-hybridized carbons (Fsp3) is 0.571. The Morgan fingerprint density at radius 1 is 1.39 bits per heavy atom. The molecule has 1 atom stereocenters. The van der Waals surface area contributed by atoms with Gasteiger partial charge >= 0.3 is 0 Å². The lowest BCUT2D eigenvalue weighted by atomic mass is 10.0. The minimum Gasteiger partial charge on any atom is -0.394 e. The maximum absolute atomic E-state index is 12.5. The van der Waals surface area contributed by atoms with Gasteiger partial charge in [0.25, 0.3) is 0 Å². The first-order chi connectivity index (χ1) is 10.8. The maximum Gasteiger partial charge on any atom is 0.242 e. The third-order valence-electron chi connectivity index (χ3n) is 3.65. The molecule has 9 heteroatoms. The molecular formula is C14H19Cl2NO5S. The zero-order chi connectivity index (χ0) is 17.1. The largest absolute Gasteiger partial charge is 0.394 e. The molecule has 0 saturated carbocycles. The number of benzene rings is 1. The highest BCUT2D eigenvalue weighted by Gasteiger charge is 2.37. The van der Waals surface area contributed by atoms with E-state index in [4.69, 9.17) is 37.8 Å². The van der Waals surface area contributed by atoms with Crippen LogP contribution in [-0.4, -0.2) is 52.1 Å². The summed E-state index contributed by atoms with van der Waals surface area (Å²) in [6.45, 7) is 2.46. The van der Waals surface area contributed by atoms with E-state index in [1.54, 1.807) is 6.92 Å². The first-order valence-electron chi connectivity index (χ1n) is 7.07. The summed E-state index contributed by atoms with van der Waals surface area (Å²) in [4.78, 5) is -0.0303. The molecule has 130 valence electrons. The Morgan fingerprint density at radius 2 is 2.13 bits per heavy atom. The molecule has 1 aromatic rings. The van der Waals surface area contributed by atoms with E-state index in [1.807, 2.05) is 0 Å². The lowest BCUT2D eigenvalue weighted by molar-refractivity contribution is -0.0566. The van der Waals surface area contributed by atoms with E-state index < -0.39 is 15.6 Å². The summed E-state index contributed by atoms with van der Waals surface area (Å²) >= 11 is 11.9. The molecule has 6 nitrogen and oxygen atoms in total. The van der Waals surface area contributed by atoms with Crippen molar-refractivity contribution in [2.45, 2.75) is 23.8 Å². The quantitative estimate of drug-likeness (QED) is 0.748. The zero-order valence-electron chi connectivity index (χ0n) is 12.6. The molecule has 1 aromatic carbocycles. The minimum absolute atomic E-state index is 0.0303. The van der Waals surface area contributed by atoms with Gasteiger partial charge < -0.3 is 14.6 Å². The van der Waals surface area contributed by atoms with Crippen molar-refractivity contribution in [3.8, 4) is 0 Å². The summed E-state index contributed by atoms with van der Waals surface area (Å²) in [5.41, 5.74) is -0.157. The van der Waals surface area contributed by atoms with Crippen LogP contribution in [0.4, 0.5) is 0 Å². The Hall–Kier alpha value is -0.410. The third kappa shape index (κ3) is 4.57. The molecule has 1 aliphatic heterocycles. The van der Waals surface area contributed by atoms with Crippen LogP contribution in [0.25, 0.3) is 0 Å². The second-order valence-corrected chi connectivity index (χ2v) is 7.96. The minimum atomic E-state index is -3.82. The molecule has 0 amide bonds. The summed E-state index contributed by atoms with van der Waals surface area (Å²) in [6, 6.07) is 2.84. The molecule has 1 fully saturated rings. The van der Waals surface area contributed by atoms with Crippen LogP contribution in [0.15, 0.2) is 17.0 Å². The van der Waals surface area contributed by atoms with Crippen molar-refractivity contribution in [3.05, 3.63) is 27.7 Å². The van der Waals surface area contributed by atoms with E-state index >= 15 is 0 Å². The number of nitrogens with one attached hydrogen (secondary N) is 1. The van der Waals surface area contributed by atoms with Crippen LogP contribution in [0.1, 0.15) is 12.0 Å². The normalized spacial score (nSPS) is 21.7. The van der Waals surface area contributed by atoms with Crippen LogP contribution in [0.2, 0.25) is 10.0 Å². The molecule has 0 aromatic heterocycles. The molecule has 1 saturated heterocycles. The molecule has 0 bridgehead atoms. The fourth-order valence-electron chi connectivity index (χ4n) is 2.30. The van der Waals surface area contributed by atoms with Crippen molar-refractivity contribution >= 4 is 33.2 Å². The molecule has 0 spiro atoms. The molecule has 1 unspecified atom stereocenters. The molecule has 0 aliphatic carbocycles. The number of ether oxygens (including phenoxy) is 2. The van der Waals surface area contributed by atoms with E-state index in [0.29, 0.717) is 23.6 Å². The predicted octanol–water partition coefficient (Wildman–Crippen LogP) is 1.75. The smallest absolute Gasteiger partial charge is 0.242 e. The second kappa shape index (κ2) is 7.65. The lowest BCUT2D eigenvalue weighted by Crippen LogP contribution is -2.46. The third-order valence-corrected chi connectivity index (χ3v) is 5.93. The molecule has 1 aliphatic rings. The van der Waals surface area contributed by atoms with E-state index in [1.165, 1.54) is 12.1 Å². The predicted molar refractivity (Wildman–Crippen MR) is 87.6 cm³/mol. The maximum atomic E-state index is 12.5. The standard InChI is InChI=1S/C14H19Cl2NO5S/c1-10-6-13(12(16)7-11(10)15)23(19,20)17-8-14(22-5-3-18)2-4-21-9-14/h6-7,17-18H,2-5,8-9H2,1H3.